The zero-order valence-electron chi connectivity index (χ0n) is 10.0. The van der Waals surface area contributed by atoms with Crippen molar-refractivity contribution in [2.24, 2.45) is 5.73 Å². The van der Waals surface area contributed by atoms with Crippen LogP contribution >= 0.6 is 22.6 Å². The summed E-state index contributed by atoms with van der Waals surface area (Å²) >= 11 is 2.16. The molecule has 0 saturated heterocycles. The third-order valence-electron chi connectivity index (χ3n) is 2.54. The maximum Gasteiger partial charge on any atom is 0.261 e. The second-order valence-corrected chi connectivity index (χ2v) is 6.89. The minimum absolute atomic E-state index is 0.217. The normalized spacial score (nSPS) is 11.3. The molecule has 2 rings (SSSR count). The van der Waals surface area contributed by atoms with E-state index in [4.69, 9.17) is 5.73 Å². The van der Waals surface area contributed by atoms with Crippen molar-refractivity contribution in [3.63, 3.8) is 0 Å². The lowest BCUT2D eigenvalue weighted by atomic mass is 10.2. The van der Waals surface area contributed by atoms with Crippen molar-refractivity contribution in [1.82, 2.24) is 0 Å². The highest BCUT2D eigenvalue weighted by molar-refractivity contribution is 14.1. The summed E-state index contributed by atoms with van der Waals surface area (Å²) in [5.74, 6) is 0. The van der Waals surface area contributed by atoms with Crippen molar-refractivity contribution in [3.05, 3.63) is 57.7 Å². The molecular weight excluding hydrogens is 375 g/mol. The van der Waals surface area contributed by atoms with Crippen LogP contribution in [0.3, 0.4) is 0 Å². The quantitative estimate of drug-likeness (QED) is 0.791. The number of halogens is 1. The second kappa shape index (κ2) is 5.89. The number of rotatable bonds is 4. The monoisotopic (exact) mass is 388 g/mol. The van der Waals surface area contributed by atoms with Crippen LogP contribution in [-0.2, 0) is 16.6 Å². The molecule has 100 valence electrons. The lowest BCUT2D eigenvalue weighted by Gasteiger charge is -2.09. The van der Waals surface area contributed by atoms with E-state index in [9.17, 15) is 8.42 Å². The van der Waals surface area contributed by atoms with Gasteiger partial charge in [-0.05, 0) is 64.6 Å². The first-order chi connectivity index (χ1) is 9.01. The van der Waals surface area contributed by atoms with Gasteiger partial charge in [-0.2, -0.15) is 0 Å². The molecule has 0 heterocycles. The number of nitrogens with two attached hydrogens (primary N) is 1. The van der Waals surface area contributed by atoms with Crippen LogP contribution in [0.5, 0.6) is 0 Å². The molecule has 0 fully saturated rings. The number of nitrogens with one attached hydrogen (secondary N) is 1. The largest absolute Gasteiger partial charge is 0.326 e. The van der Waals surface area contributed by atoms with Crippen molar-refractivity contribution >= 4 is 38.3 Å². The van der Waals surface area contributed by atoms with Crippen molar-refractivity contribution in [2.75, 3.05) is 4.72 Å². The van der Waals surface area contributed by atoms with Crippen LogP contribution in [0.4, 0.5) is 5.69 Å². The fraction of sp³-hybridized carbons (Fsp3) is 0.0769. The Morgan fingerprint density at radius 1 is 1.11 bits per heavy atom. The fourth-order valence-electron chi connectivity index (χ4n) is 1.57. The molecule has 0 spiro atoms. The van der Waals surface area contributed by atoms with E-state index in [1.54, 1.807) is 36.4 Å². The molecule has 0 aliphatic heterocycles. The molecular formula is C13H13IN2O2S. The smallest absolute Gasteiger partial charge is 0.261 e. The Labute approximate surface area is 126 Å². The Morgan fingerprint density at radius 3 is 2.42 bits per heavy atom. The highest BCUT2D eigenvalue weighted by Gasteiger charge is 2.14. The SMILES string of the molecule is NCc1cccc(S(=O)(=O)Nc2ccc(I)cc2)c1. The van der Waals surface area contributed by atoms with E-state index in [-0.39, 0.29) is 4.90 Å². The topological polar surface area (TPSA) is 72.2 Å². The van der Waals surface area contributed by atoms with Crippen LogP contribution in [0.15, 0.2) is 53.4 Å². The van der Waals surface area contributed by atoms with E-state index in [1.807, 2.05) is 12.1 Å². The van der Waals surface area contributed by atoms with Gasteiger partial charge in [0.2, 0.25) is 0 Å². The number of hydrogen-bond donors (Lipinski definition) is 2. The minimum atomic E-state index is -3.57. The summed E-state index contributed by atoms with van der Waals surface area (Å²) in [7, 11) is -3.57. The van der Waals surface area contributed by atoms with Gasteiger partial charge in [-0.3, -0.25) is 4.72 Å². The van der Waals surface area contributed by atoms with Gasteiger partial charge in [0.25, 0.3) is 10.0 Å². The molecule has 0 amide bonds. The van der Waals surface area contributed by atoms with E-state index in [0.717, 1.165) is 9.13 Å². The van der Waals surface area contributed by atoms with Gasteiger partial charge in [-0.1, -0.05) is 12.1 Å². The zero-order valence-corrected chi connectivity index (χ0v) is 13.0. The molecule has 0 atom stereocenters. The van der Waals surface area contributed by atoms with Crippen LogP contribution in [0.25, 0.3) is 0 Å². The average Bonchev–Trinajstić information content (AvgIpc) is 2.41. The number of sulfonamides is 1. The first kappa shape index (κ1) is 14.3. The molecule has 0 saturated carbocycles. The van der Waals surface area contributed by atoms with Gasteiger partial charge in [-0.15, -0.1) is 0 Å². The summed E-state index contributed by atoms with van der Waals surface area (Å²) in [4.78, 5) is 0.217. The Morgan fingerprint density at radius 2 is 1.79 bits per heavy atom. The van der Waals surface area contributed by atoms with Gasteiger partial charge >= 0.3 is 0 Å². The highest BCUT2D eigenvalue weighted by Crippen LogP contribution is 2.18. The third-order valence-corrected chi connectivity index (χ3v) is 4.64. The third kappa shape index (κ3) is 3.68. The first-order valence-corrected chi connectivity index (χ1v) is 8.15. The van der Waals surface area contributed by atoms with Gasteiger partial charge < -0.3 is 5.73 Å². The van der Waals surface area contributed by atoms with Crippen molar-refractivity contribution in [2.45, 2.75) is 11.4 Å². The number of anilines is 1. The van der Waals surface area contributed by atoms with Gasteiger partial charge in [0, 0.05) is 15.8 Å². The lowest BCUT2D eigenvalue weighted by Crippen LogP contribution is -2.13. The molecule has 2 aromatic carbocycles. The molecule has 3 N–H and O–H groups in total. The van der Waals surface area contributed by atoms with Crippen LogP contribution in [-0.4, -0.2) is 8.42 Å². The second-order valence-electron chi connectivity index (χ2n) is 3.96. The molecule has 0 unspecified atom stereocenters. The van der Waals surface area contributed by atoms with Gasteiger partial charge in [0.1, 0.15) is 0 Å². The van der Waals surface area contributed by atoms with E-state index in [1.165, 1.54) is 0 Å². The number of benzene rings is 2. The Bertz CT molecular complexity index is 669. The molecule has 4 nitrogen and oxygen atoms in total. The van der Waals surface area contributed by atoms with E-state index in [0.29, 0.717) is 12.2 Å². The molecule has 0 radical (unpaired) electrons. The minimum Gasteiger partial charge on any atom is -0.326 e. The summed E-state index contributed by atoms with van der Waals surface area (Å²) in [6.45, 7) is 0.312. The van der Waals surface area contributed by atoms with Crippen molar-refractivity contribution in [3.8, 4) is 0 Å². The molecule has 0 aromatic heterocycles. The van der Waals surface area contributed by atoms with Crippen molar-refractivity contribution < 1.29 is 8.42 Å². The molecule has 0 bridgehead atoms. The molecule has 0 aliphatic carbocycles. The predicted molar refractivity (Wildman–Crippen MR) is 84.3 cm³/mol. The van der Waals surface area contributed by atoms with Gasteiger partial charge in [0.05, 0.1) is 4.90 Å². The first-order valence-electron chi connectivity index (χ1n) is 5.59. The van der Waals surface area contributed by atoms with Crippen LogP contribution < -0.4 is 10.5 Å². The fourth-order valence-corrected chi connectivity index (χ4v) is 3.06. The Kier molecular flexibility index (Phi) is 4.43. The summed E-state index contributed by atoms with van der Waals surface area (Å²) in [6, 6.07) is 13.7. The maximum absolute atomic E-state index is 12.2. The summed E-state index contributed by atoms with van der Waals surface area (Å²) in [6.07, 6.45) is 0. The summed E-state index contributed by atoms with van der Waals surface area (Å²) < 4.78 is 28.0. The molecule has 19 heavy (non-hydrogen) atoms. The van der Waals surface area contributed by atoms with E-state index in [2.05, 4.69) is 27.3 Å². The Hall–Kier alpha value is -1.12. The van der Waals surface area contributed by atoms with Crippen molar-refractivity contribution in [1.29, 1.82) is 0 Å². The molecule has 2 aromatic rings. The highest BCUT2D eigenvalue weighted by atomic mass is 127. The predicted octanol–water partition coefficient (Wildman–Crippen LogP) is 2.55. The zero-order chi connectivity index (χ0) is 13.9. The lowest BCUT2D eigenvalue weighted by molar-refractivity contribution is 0.601. The van der Waals surface area contributed by atoms with E-state index < -0.39 is 10.0 Å². The molecule has 6 heteroatoms. The molecule has 0 aliphatic rings. The van der Waals surface area contributed by atoms with Crippen LogP contribution in [0, 0.1) is 3.57 Å². The van der Waals surface area contributed by atoms with Gasteiger partial charge in [0.15, 0.2) is 0 Å². The maximum atomic E-state index is 12.2. The standard InChI is InChI=1S/C13H13IN2O2S/c14-11-4-6-12(7-5-11)16-19(17,18)13-3-1-2-10(8-13)9-15/h1-8,16H,9,15H2. The number of hydrogen-bond acceptors (Lipinski definition) is 3. The van der Waals surface area contributed by atoms with Crippen LogP contribution in [0.1, 0.15) is 5.56 Å². The summed E-state index contributed by atoms with van der Waals surface area (Å²) in [5, 5.41) is 0. The van der Waals surface area contributed by atoms with Gasteiger partial charge in [-0.25, -0.2) is 8.42 Å². The Balaban J connectivity index is 2.29. The average molecular weight is 388 g/mol. The van der Waals surface area contributed by atoms with E-state index >= 15 is 0 Å². The van der Waals surface area contributed by atoms with Crippen LogP contribution in [0.2, 0.25) is 0 Å². The summed E-state index contributed by atoms with van der Waals surface area (Å²) in [5.41, 5.74) is 6.84.